The first-order valence-corrected chi connectivity index (χ1v) is 8.02. The van der Waals surface area contributed by atoms with E-state index in [1.165, 1.54) is 11.3 Å². The molecule has 1 aliphatic heterocycles. The van der Waals surface area contributed by atoms with Crippen LogP contribution in [0.3, 0.4) is 0 Å². The Morgan fingerprint density at radius 3 is 2.90 bits per heavy atom. The monoisotopic (exact) mass is 375 g/mol. The maximum Gasteiger partial charge on any atom is 0.317 e. The second-order valence-corrected chi connectivity index (χ2v) is 7.55. The lowest BCUT2D eigenvalue weighted by atomic mass is 10.3. The highest BCUT2D eigenvalue weighted by Gasteiger charge is 2.29. The fourth-order valence-corrected chi connectivity index (χ4v) is 3.60. The second-order valence-electron chi connectivity index (χ2n) is 3.89. The molecule has 6 nitrogen and oxygen atoms in total. The van der Waals surface area contributed by atoms with Gasteiger partial charge in [-0.25, -0.2) is 0 Å². The van der Waals surface area contributed by atoms with Crippen molar-refractivity contribution in [2.24, 2.45) is 10.2 Å². The zero-order chi connectivity index (χ0) is 14.7. The number of amidine groups is 1. The molecule has 1 fully saturated rings. The minimum absolute atomic E-state index is 0.0560. The number of halogens is 1. The average Bonchev–Trinajstić information content (AvgIpc) is 2.82. The summed E-state index contributed by atoms with van der Waals surface area (Å²) in [5.41, 5.74) is 0.695. The molecule has 0 aliphatic carbocycles. The van der Waals surface area contributed by atoms with Gasteiger partial charge in [-0.1, -0.05) is 11.8 Å². The predicted molar refractivity (Wildman–Crippen MR) is 83.4 cm³/mol. The van der Waals surface area contributed by atoms with Crippen LogP contribution in [0.2, 0.25) is 0 Å². The number of thiophene rings is 1. The molecule has 9 heteroatoms. The summed E-state index contributed by atoms with van der Waals surface area (Å²) in [5, 5.41) is 18.8. The molecule has 0 spiro atoms. The normalized spacial score (nSPS) is 21.9. The first kappa shape index (κ1) is 15.2. The van der Waals surface area contributed by atoms with Crippen molar-refractivity contribution in [1.29, 1.82) is 0 Å². The van der Waals surface area contributed by atoms with Gasteiger partial charge in [0, 0.05) is 6.42 Å². The third-order valence-corrected chi connectivity index (χ3v) is 5.16. The molecule has 1 aliphatic rings. The zero-order valence-corrected chi connectivity index (χ0v) is 13.5. The van der Waals surface area contributed by atoms with Crippen molar-refractivity contribution in [3.63, 3.8) is 0 Å². The van der Waals surface area contributed by atoms with Gasteiger partial charge in [0.05, 0.1) is 14.4 Å². The van der Waals surface area contributed by atoms with E-state index in [0.29, 0.717) is 5.71 Å². The first-order valence-electron chi connectivity index (χ1n) is 5.53. The molecular weight excluding hydrogens is 366 g/mol. The number of nitrogens with one attached hydrogen (secondary N) is 1. The Labute approximate surface area is 131 Å². The summed E-state index contributed by atoms with van der Waals surface area (Å²) in [5.74, 6) is -1.39. The van der Waals surface area contributed by atoms with E-state index in [0.717, 1.165) is 20.4 Å². The topological polar surface area (TPSA) is 91.1 Å². The molecule has 1 aromatic heterocycles. The number of hydrogen-bond donors (Lipinski definition) is 2. The lowest BCUT2D eigenvalue weighted by Gasteiger charge is -2.18. The minimum atomic E-state index is -1.03. The van der Waals surface area contributed by atoms with Crippen LogP contribution in [0.4, 0.5) is 0 Å². The smallest absolute Gasteiger partial charge is 0.317 e. The van der Waals surface area contributed by atoms with E-state index in [1.54, 1.807) is 6.92 Å². The van der Waals surface area contributed by atoms with Crippen molar-refractivity contribution in [2.45, 2.75) is 18.6 Å². The van der Waals surface area contributed by atoms with Gasteiger partial charge >= 0.3 is 5.97 Å². The summed E-state index contributed by atoms with van der Waals surface area (Å²) in [6, 6.07) is 3.81. The Balaban J connectivity index is 2.13. The summed E-state index contributed by atoms with van der Waals surface area (Å²) in [6.07, 6.45) is -0.0560. The molecule has 0 aromatic carbocycles. The van der Waals surface area contributed by atoms with Crippen LogP contribution in [0.25, 0.3) is 0 Å². The Morgan fingerprint density at radius 1 is 1.55 bits per heavy atom. The van der Waals surface area contributed by atoms with Crippen LogP contribution in [0.1, 0.15) is 18.2 Å². The van der Waals surface area contributed by atoms with E-state index >= 15 is 0 Å². The molecule has 0 saturated carbocycles. The summed E-state index contributed by atoms with van der Waals surface area (Å²) in [4.78, 5) is 23.2. The molecular formula is C11H10BrN3O3S2. The average molecular weight is 376 g/mol. The van der Waals surface area contributed by atoms with E-state index in [1.807, 2.05) is 12.1 Å². The number of thioether (sulfide) groups is 1. The summed E-state index contributed by atoms with van der Waals surface area (Å²) in [7, 11) is 0. The van der Waals surface area contributed by atoms with Crippen LogP contribution in [-0.4, -0.2) is 33.1 Å². The number of amides is 1. The lowest BCUT2D eigenvalue weighted by Crippen LogP contribution is -2.40. The van der Waals surface area contributed by atoms with Crippen LogP contribution in [-0.2, 0) is 9.59 Å². The van der Waals surface area contributed by atoms with Gasteiger partial charge < -0.3 is 10.4 Å². The van der Waals surface area contributed by atoms with Gasteiger partial charge in [0.15, 0.2) is 5.17 Å². The number of carbonyl (C=O) groups excluding carboxylic acids is 1. The van der Waals surface area contributed by atoms with E-state index in [4.69, 9.17) is 5.11 Å². The van der Waals surface area contributed by atoms with E-state index in [9.17, 15) is 9.59 Å². The summed E-state index contributed by atoms with van der Waals surface area (Å²) < 4.78 is 0.987. The van der Waals surface area contributed by atoms with Gasteiger partial charge in [0.25, 0.3) is 0 Å². The van der Waals surface area contributed by atoms with Crippen LogP contribution in [0.5, 0.6) is 0 Å². The molecule has 0 radical (unpaired) electrons. The molecule has 20 heavy (non-hydrogen) atoms. The quantitative estimate of drug-likeness (QED) is 0.626. The molecule has 1 aromatic rings. The predicted octanol–water partition coefficient (Wildman–Crippen LogP) is 2.30. The van der Waals surface area contributed by atoms with Gasteiger partial charge in [-0.3, -0.25) is 9.59 Å². The Kier molecular flexibility index (Phi) is 4.95. The zero-order valence-electron chi connectivity index (χ0n) is 10.3. The lowest BCUT2D eigenvalue weighted by molar-refractivity contribution is -0.138. The Morgan fingerprint density at radius 2 is 2.30 bits per heavy atom. The number of carboxylic acid groups (broad SMARTS) is 1. The highest BCUT2D eigenvalue weighted by atomic mass is 79.9. The van der Waals surface area contributed by atoms with Crippen LogP contribution in [0, 0.1) is 0 Å². The summed E-state index contributed by atoms with van der Waals surface area (Å²) >= 11 is 5.87. The maximum atomic E-state index is 11.4. The number of carboxylic acids is 1. The maximum absolute atomic E-state index is 11.4. The molecule has 1 saturated heterocycles. The van der Waals surface area contributed by atoms with Crippen LogP contribution < -0.4 is 5.32 Å². The number of hydrogen-bond acceptors (Lipinski definition) is 6. The molecule has 0 bridgehead atoms. The van der Waals surface area contributed by atoms with Crippen LogP contribution >= 0.6 is 39.0 Å². The fourth-order valence-electron chi connectivity index (χ4n) is 1.41. The highest BCUT2D eigenvalue weighted by molar-refractivity contribution is 9.11. The first-order chi connectivity index (χ1) is 9.45. The largest absolute Gasteiger partial charge is 0.480 e. The van der Waals surface area contributed by atoms with E-state index < -0.39 is 11.2 Å². The molecule has 106 valence electrons. The van der Waals surface area contributed by atoms with E-state index in [2.05, 4.69) is 31.4 Å². The fraction of sp³-hybridized carbons (Fsp3) is 0.273. The van der Waals surface area contributed by atoms with Gasteiger partial charge in [0.1, 0.15) is 5.25 Å². The van der Waals surface area contributed by atoms with E-state index in [-0.39, 0.29) is 17.5 Å². The molecule has 2 rings (SSSR count). The second kappa shape index (κ2) is 6.51. The SMILES string of the molecule is C/C(=N/N=C1\NC(=O)C[C@H](C(=O)O)S1)c1ccc(Br)s1. The minimum Gasteiger partial charge on any atom is -0.480 e. The van der Waals surface area contributed by atoms with Gasteiger partial charge in [-0.05, 0) is 35.0 Å². The highest BCUT2D eigenvalue weighted by Crippen LogP contribution is 2.23. The van der Waals surface area contributed by atoms with Crippen molar-refractivity contribution in [3.05, 3.63) is 20.8 Å². The van der Waals surface area contributed by atoms with Crippen molar-refractivity contribution < 1.29 is 14.7 Å². The van der Waals surface area contributed by atoms with Crippen molar-refractivity contribution in [2.75, 3.05) is 0 Å². The van der Waals surface area contributed by atoms with Crippen molar-refractivity contribution >= 4 is 61.8 Å². The molecule has 0 unspecified atom stereocenters. The third kappa shape index (κ3) is 3.90. The molecule has 1 amide bonds. The van der Waals surface area contributed by atoms with Gasteiger partial charge in [-0.15, -0.1) is 16.4 Å². The number of rotatable bonds is 3. The van der Waals surface area contributed by atoms with Crippen molar-refractivity contribution in [1.82, 2.24) is 5.32 Å². The van der Waals surface area contributed by atoms with Crippen molar-refractivity contribution in [3.8, 4) is 0 Å². The Bertz CT molecular complexity index is 612. The van der Waals surface area contributed by atoms with Gasteiger partial charge in [0.2, 0.25) is 5.91 Å². The molecule has 2 heterocycles. The Hall–Kier alpha value is -1.19. The van der Waals surface area contributed by atoms with Crippen LogP contribution in [0.15, 0.2) is 26.1 Å². The summed E-state index contributed by atoms with van der Waals surface area (Å²) in [6.45, 7) is 1.80. The number of aliphatic carboxylic acids is 1. The number of carbonyl (C=O) groups is 2. The molecule has 2 N–H and O–H groups in total. The number of nitrogens with zero attached hydrogens (tertiary/aromatic N) is 2. The van der Waals surface area contributed by atoms with Gasteiger partial charge in [-0.2, -0.15) is 5.10 Å². The third-order valence-electron chi connectivity index (χ3n) is 2.37. The molecule has 1 atom stereocenters. The standard InChI is InChI=1S/C11H10BrN3O3S2/c1-5(6-2-3-8(12)19-6)14-15-11-13-9(16)4-7(20-11)10(17)18/h2-3,7H,4H2,1H3,(H,17,18)(H,13,15,16)/b14-5-/t7-/m1/s1.